The fourth-order valence-electron chi connectivity index (χ4n) is 2.64. The maximum absolute atomic E-state index is 13.5. The quantitative estimate of drug-likeness (QED) is 0.863. The lowest BCUT2D eigenvalue weighted by molar-refractivity contribution is 0.476. The molecule has 1 aliphatic rings. The lowest BCUT2D eigenvalue weighted by Gasteiger charge is -2.21. The van der Waals surface area contributed by atoms with Gasteiger partial charge in [0.1, 0.15) is 10.8 Å². The third-order valence-electron chi connectivity index (χ3n) is 3.56. The minimum atomic E-state index is -0.223. The molecule has 1 atom stereocenters. The van der Waals surface area contributed by atoms with E-state index in [1.165, 1.54) is 16.6 Å². The summed E-state index contributed by atoms with van der Waals surface area (Å²) in [4.78, 5) is 6.06. The SMILES string of the molecule is CCNC1CCCc2nc(-c3cc(F)ccc3Br)sc21. The van der Waals surface area contributed by atoms with Crippen molar-refractivity contribution < 1.29 is 4.39 Å². The summed E-state index contributed by atoms with van der Waals surface area (Å²) in [6.45, 7) is 3.08. The summed E-state index contributed by atoms with van der Waals surface area (Å²) in [5.74, 6) is -0.223. The molecule has 0 saturated carbocycles. The molecule has 1 aromatic carbocycles. The number of thiazole rings is 1. The summed E-state index contributed by atoms with van der Waals surface area (Å²) in [5.41, 5.74) is 2.03. The molecule has 0 amide bonds. The molecule has 20 heavy (non-hydrogen) atoms. The molecule has 5 heteroatoms. The van der Waals surface area contributed by atoms with Crippen LogP contribution in [0, 0.1) is 5.82 Å². The molecule has 0 spiro atoms. The Bertz CT molecular complexity index is 626. The van der Waals surface area contributed by atoms with E-state index in [9.17, 15) is 4.39 Å². The molecule has 1 unspecified atom stereocenters. The smallest absolute Gasteiger partial charge is 0.125 e. The van der Waals surface area contributed by atoms with Crippen LogP contribution in [0.5, 0.6) is 0 Å². The lowest BCUT2D eigenvalue weighted by Crippen LogP contribution is -2.23. The van der Waals surface area contributed by atoms with E-state index in [-0.39, 0.29) is 5.82 Å². The first-order chi connectivity index (χ1) is 9.69. The van der Waals surface area contributed by atoms with Crippen LogP contribution in [-0.4, -0.2) is 11.5 Å². The monoisotopic (exact) mass is 354 g/mol. The number of nitrogens with zero attached hydrogens (tertiary/aromatic N) is 1. The Balaban J connectivity index is 2.02. The Morgan fingerprint density at radius 3 is 3.15 bits per heavy atom. The summed E-state index contributed by atoms with van der Waals surface area (Å²) < 4.78 is 14.4. The van der Waals surface area contributed by atoms with E-state index in [1.54, 1.807) is 23.5 Å². The maximum Gasteiger partial charge on any atom is 0.125 e. The van der Waals surface area contributed by atoms with Gasteiger partial charge in [0.25, 0.3) is 0 Å². The molecular formula is C15H16BrFN2S. The second kappa shape index (κ2) is 5.92. The highest BCUT2D eigenvalue weighted by molar-refractivity contribution is 9.10. The van der Waals surface area contributed by atoms with Gasteiger partial charge in [-0.2, -0.15) is 0 Å². The van der Waals surface area contributed by atoms with E-state index < -0.39 is 0 Å². The number of aromatic nitrogens is 1. The van der Waals surface area contributed by atoms with E-state index in [0.29, 0.717) is 6.04 Å². The zero-order valence-electron chi connectivity index (χ0n) is 11.2. The highest BCUT2D eigenvalue weighted by Crippen LogP contribution is 2.39. The second-order valence-electron chi connectivity index (χ2n) is 4.96. The van der Waals surface area contributed by atoms with Crippen molar-refractivity contribution in [1.29, 1.82) is 0 Å². The van der Waals surface area contributed by atoms with Gasteiger partial charge in [0.15, 0.2) is 0 Å². The van der Waals surface area contributed by atoms with Crippen molar-refractivity contribution in [3.63, 3.8) is 0 Å². The van der Waals surface area contributed by atoms with Gasteiger partial charge in [-0.15, -0.1) is 11.3 Å². The van der Waals surface area contributed by atoms with E-state index in [4.69, 9.17) is 4.98 Å². The van der Waals surface area contributed by atoms with Gasteiger partial charge in [0.05, 0.1) is 5.69 Å². The Labute approximate surface area is 130 Å². The third kappa shape index (κ3) is 2.67. The molecule has 2 aromatic rings. The Morgan fingerprint density at radius 1 is 1.50 bits per heavy atom. The van der Waals surface area contributed by atoms with Gasteiger partial charge >= 0.3 is 0 Å². The summed E-state index contributed by atoms with van der Waals surface area (Å²) in [6, 6.07) is 5.16. The topological polar surface area (TPSA) is 24.9 Å². The molecule has 0 bridgehead atoms. The number of aryl methyl sites for hydroxylation is 1. The molecule has 1 heterocycles. The predicted octanol–water partition coefficient (Wildman–Crippen LogP) is 4.70. The normalized spacial score (nSPS) is 18.1. The molecule has 0 radical (unpaired) electrons. The number of hydrogen-bond donors (Lipinski definition) is 1. The standard InChI is InChI=1S/C15H16BrFN2S/c1-2-18-12-4-3-5-13-14(12)20-15(19-13)10-8-9(17)6-7-11(10)16/h6-8,12,18H,2-5H2,1H3. The van der Waals surface area contributed by atoms with E-state index >= 15 is 0 Å². The van der Waals surface area contributed by atoms with Gasteiger partial charge in [-0.05, 0) is 44.0 Å². The first kappa shape index (κ1) is 14.2. The van der Waals surface area contributed by atoms with Gasteiger partial charge < -0.3 is 5.32 Å². The van der Waals surface area contributed by atoms with Crippen molar-refractivity contribution >= 4 is 27.3 Å². The van der Waals surface area contributed by atoms with E-state index in [2.05, 4.69) is 28.2 Å². The number of benzene rings is 1. The van der Waals surface area contributed by atoms with Crippen molar-refractivity contribution in [2.75, 3.05) is 6.54 Å². The Morgan fingerprint density at radius 2 is 2.35 bits per heavy atom. The number of nitrogens with one attached hydrogen (secondary N) is 1. The van der Waals surface area contributed by atoms with Crippen molar-refractivity contribution in [3.05, 3.63) is 39.1 Å². The molecule has 3 rings (SSSR count). The van der Waals surface area contributed by atoms with Crippen LogP contribution in [0.4, 0.5) is 4.39 Å². The fraction of sp³-hybridized carbons (Fsp3) is 0.400. The molecular weight excluding hydrogens is 339 g/mol. The number of hydrogen-bond acceptors (Lipinski definition) is 3. The maximum atomic E-state index is 13.5. The van der Waals surface area contributed by atoms with Gasteiger partial charge in [-0.3, -0.25) is 0 Å². The van der Waals surface area contributed by atoms with E-state index in [1.807, 2.05) is 0 Å². The van der Waals surface area contributed by atoms with Crippen molar-refractivity contribution in [3.8, 4) is 10.6 Å². The molecule has 1 N–H and O–H groups in total. The van der Waals surface area contributed by atoms with Crippen molar-refractivity contribution in [1.82, 2.24) is 10.3 Å². The van der Waals surface area contributed by atoms with Crippen molar-refractivity contribution in [2.24, 2.45) is 0 Å². The average molecular weight is 355 g/mol. The number of halogens is 2. The molecule has 0 saturated heterocycles. The summed E-state index contributed by atoms with van der Waals surface area (Å²) >= 11 is 5.18. The zero-order chi connectivity index (χ0) is 14.1. The summed E-state index contributed by atoms with van der Waals surface area (Å²) in [5, 5.41) is 4.42. The average Bonchev–Trinajstić information content (AvgIpc) is 2.87. The van der Waals surface area contributed by atoms with Crippen LogP contribution in [0.15, 0.2) is 22.7 Å². The Hall–Kier alpha value is -0.780. The number of rotatable bonds is 3. The van der Waals surface area contributed by atoms with Gasteiger partial charge in [0.2, 0.25) is 0 Å². The number of fused-ring (bicyclic) bond motifs is 1. The molecule has 0 fully saturated rings. The minimum Gasteiger partial charge on any atom is -0.309 e. The molecule has 0 aliphatic heterocycles. The highest BCUT2D eigenvalue weighted by atomic mass is 79.9. The third-order valence-corrected chi connectivity index (χ3v) is 5.50. The van der Waals surface area contributed by atoms with Crippen LogP contribution < -0.4 is 5.32 Å². The second-order valence-corrected chi connectivity index (χ2v) is 6.84. The summed E-state index contributed by atoms with van der Waals surface area (Å²) in [6.07, 6.45) is 3.35. The van der Waals surface area contributed by atoms with Crippen LogP contribution in [-0.2, 0) is 6.42 Å². The fourth-order valence-corrected chi connectivity index (χ4v) is 4.45. The largest absolute Gasteiger partial charge is 0.309 e. The van der Waals surface area contributed by atoms with Crippen LogP contribution in [0.1, 0.15) is 36.4 Å². The zero-order valence-corrected chi connectivity index (χ0v) is 13.7. The van der Waals surface area contributed by atoms with Gasteiger partial charge in [-0.25, -0.2) is 9.37 Å². The van der Waals surface area contributed by atoms with Crippen LogP contribution in [0.3, 0.4) is 0 Å². The minimum absolute atomic E-state index is 0.223. The lowest BCUT2D eigenvalue weighted by atomic mass is 9.98. The van der Waals surface area contributed by atoms with Crippen LogP contribution in [0.2, 0.25) is 0 Å². The van der Waals surface area contributed by atoms with Crippen LogP contribution >= 0.6 is 27.3 Å². The first-order valence-electron chi connectivity index (χ1n) is 6.87. The molecule has 2 nitrogen and oxygen atoms in total. The predicted molar refractivity (Wildman–Crippen MR) is 84.6 cm³/mol. The van der Waals surface area contributed by atoms with Crippen molar-refractivity contribution in [2.45, 2.75) is 32.2 Å². The first-order valence-corrected chi connectivity index (χ1v) is 8.48. The van der Waals surface area contributed by atoms with E-state index in [0.717, 1.165) is 40.9 Å². The summed E-state index contributed by atoms with van der Waals surface area (Å²) in [7, 11) is 0. The van der Waals surface area contributed by atoms with Gasteiger partial charge in [0, 0.05) is 21.0 Å². The Kier molecular flexibility index (Phi) is 4.19. The molecule has 1 aromatic heterocycles. The molecule has 1 aliphatic carbocycles. The van der Waals surface area contributed by atoms with Gasteiger partial charge in [-0.1, -0.05) is 22.9 Å². The highest BCUT2D eigenvalue weighted by Gasteiger charge is 2.24. The van der Waals surface area contributed by atoms with Crippen LogP contribution in [0.25, 0.3) is 10.6 Å². The molecule has 106 valence electrons.